The summed E-state index contributed by atoms with van der Waals surface area (Å²) in [5, 5.41) is 2.50. The first-order valence-electron chi connectivity index (χ1n) is 9.45. The summed E-state index contributed by atoms with van der Waals surface area (Å²) in [5.41, 5.74) is 5.92. The molecule has 0 amide bonds. The van der Waals surface area contributed by atoms with Crippen molar-refractivity contribution >= 4 is 22.3 Å². The van der Waals surface area contributed by atoms with E-state index >= 15 is 0 Å². The maximum absolute atomic E-state index is 4.80. The number of benzene rings is 3. The van der Waals surface area contributed by atoms with Crippen LogP contribution in [0.3, 0.4) is 0 Å². The number of pyridine rings is 1. The molecule has 6 rings (SSSR count). The lowest BCUT2D eigenvalue weighted by molar-refractivity contribution is 0.851. The summed E-state index contributed by atoms with van der Waals surface area (Å²) in [6, 6.07) is 27.6. The number of nitrogens with zero attached hydrogens (tertiary/aromatic N) is 2. The molecule has 2 nitrogen and oxygen atoms in total. The maximum Gasteiger partial charge on any atom is 0.142 e. The van der Waals surface area contributed by atoms with Crippen LogP contribution in [-0.2, 0) is 0 Å². The average molecular weight is 356 g/mol. The standard InChI is InChI=1S/C26H16N2/c1-2-9-19(10-3-1)23-13-6-14-24-21-16-15-18-8-4-5-11-20(18)25(21)22-12-7-17-27-26(22)28(23)24/h1-5,7-13,15-17,24H. The fourth-order valence-corrected chi connectivity index (χ4v) is 4.35. The minimum Gasteiger partial charge on any atom is -0.306 e. The minimum atomic E-state index is -0.0396. The van der Waals surface area contributed by atoms with Gasteiger partial charge in [0.1, 0.15) is 11.9 Å². The van der Waals surface area contributed by atoms with Gasteiger partial charge in [-0.2, -0.15) is 0 Å². The van der Waals surface area contributed by atoms with Crippen LogP contribution in [0, 0.1) is 11.8 Å². The Labute approximate surface area is 163 Å². The molecule has 3 aromatic carbocycles. The van der Waals surface area contributed by atoms with Crippen molar-refractivity contribution < 1.29 is 0 Å². The lowest BCUT2D eigenvalue weighted by Crippen LogP contribution is -2.32. The number of fused-ring (bicyclic) bond motifs is 8. The summed E-state index contributed by atoms with van der Waals surface area (Å²) in [7, 11) is 0. The van der Waals surface area contributed by atoms with Crippen LogP contribution in [0.5, 0.6) is 0 Å². The minimum absolute atomic E-state index is 0.0396. The second kappa shape index (κ2) is 5.84. The fourth-order valence-electron chi connectivity index (χ4n) is 4.35. The highest BCUT2D eigenvalue weighted by atomic mass is 15.2. The summed E-state index contributed by atoms with van der Waals surface area (Å²) in [6.07, 6.45) is 3.88. The maximum atomic E-state index is 4.80. The van der Waals surface area contributed by atoms with Gasteiger partial charge in [0.15, 0.2) is 0 Å². The molecule has 0 N–H and O–H groups in total. The van der Waals surface area contributed by atoms with Gasteiger partial charge in [-0.15, -0.1) is 0 Å². The Balaban J connectivity index is 1.67. The van der Waals surface area contributed by atoms with Gasteiger partial charge in [-0.3, -0.25) is 0 Å². The molecule has 2 heteroatoms. The molecule has 0 aliphatic carbocycles. The largest absolute Gasteiger partial charge is 0.306 e. The summed E-state index contributed by atoms with van der Waals surface area (Å²) in [6.45, 7) is 0. The van der Waals surface area contributed by atoms with Gasteiger partial charge in [0.25, 0.3) is 0 Å². The van der Waals surface area contributed by atoms with E-state index < -0.39 is 0 Å². The smallest absolute Gasteiger partial charge is 0.142 e. The molecule has 130 valence electrons. The topological polar surface area (TPSA) is 16.1 Å². The summed E-state index contributed by atoms with van der Waals surface area (Å²) in [5.74, 6) is 7.69. The number of hydrogen-bond acceptors (Lipinski definition) is 2. The van der Waals surface area contributed by atoms with Gasteiger partial charge >= 0.3 is 0 Å². The van der Waals surface area contributed by atoms with E-state index in [9.17, 15) is 0 Å². The molecule has 0 spiro atoms. The van der Waals surface area contributed by atoms with Crippen molar-refractivity contribution in [3.63, 3.8) is 0 Å². The highest BCUT2D eigenvalue weighted by Crippen LogP contribution is 2.49. The molecule has 0 saturated carbocycles. The van der Waals surface area contributed by atoms with Crippen molar-refractivity contribution in [2.75, 3.05) is 4.90 Å². The molecular weight excluding hydrogens is 340 g/mol. The molecule has 28 heavy (non-hydrogen) atoms. The lowest BCUT2D eigenvalue weighted by Gasteiger charge is -2.39. The van der Waals surface area contributed by atoms with Crippen molar-refractivity contribution in [3.8, 4) is 23.0 Å². The second-order valence-corrected chi connectivity index (χ2v) is 7.08. The van der Waals surface area contributed by atoms with Crippen LogP contribution in [0.4, 0.5) is 5.82 Å². The molecule has 3 heterocycles. The normalized spacial score (nSPS) is 16.4. The number of rotatable bonds is 1. The third kappa shape index (κ3) is 2.08. The van der Waals surface area contributed by atoms with Crippen LogP contribution in [-0.4, -0.2) is 4.98 Å². The molecule has 2 aliphatic rings. The SMILES string of the molecule is C1#CC2c3ccc4ccccc4c3-c3cccnc3N2C(c2ccccc2)=C1. The zero-order valence-electron chi connectivity index (χ0n) is 15.1. The van der Waals surface area contributed by atoms with Gasteiger partial charge < -0.3 is 4.90 Å². The summed E-state index contributed by atoms with van der Waals surface area (Å²) in [4.78, 5) is 7.09. The van der Waals surface area contributed by atoms with Crippen LogP contribution in [0.15, 0.2) is 91.1 Å². The van der Waals surface area contributed by atoms with Gasteiger partial charge in [0.2, 0.25) is 0 Å². The summed E-state index contributed by atoms with van der Waals surface area (Å²) >= 11 is 0. The molecule has 1 atom stereocenters. The van der Waals surface area contributed by atoms with Crippen LogP contribution in [0.1, 0.15) is 17.2 Å². The summed E-state index contributed by atoms with van der Waals surface area (Å²) < 4.78 is 0. The van der Waals surface area contributed by atoms with Gasteiger partial charge in [-0.1, -0.05) is 78.6 Å². The van der Waals surface area contributed by atoms with Crippen LogP contribution >= 0.6 is 0 Å². The van der Waals surface area contributed by atoms with Crippen molar-refractivity contribution in [1.82, 2.24) is 4.98 Å². The first kappa shape index (κ1) is 15.2. The van der Waals surface area contributed by atoms with Crippen LogP contribution in [0.2, 0.25) is 0 Å². The Hall–Kier alpha value is -3.83. The number of anilines is 1. The number of hydrogen-bond donors (Lipinski definition) is 0. The Bertz CT molecular complexity index is 1320. The Morgan fingerprint density at radius 2 is 1.68 bits per heavy atom. The van der Waals surface area contributed by atoms with E-state index in [-0.39, 0.29) is 6.04 Å². The van der Waals surface area contributed by atoms with E-state index in [0.717, 1.165) is 22.6 Å². The highest BCUT2D eigenvalue weighted by Gasteiger charge is 2.35. The molecule has 0 saturated heterocycles. The van der Waals surface area contributed by atoms with E-state index in [1.165, 1.54) is 21.9 Å². The highest BCUT2D eigenvalue weighted by molar-refractivity contribution is 6.05. The lowest BCUT2D eigenvalue weighted by atomic mass is 9.85. The van der Waals surface area contributed by atoms with Crippen molar-refractivity contribution in [1.29, 1.82) is 0 Å². The molecule has 1 aromatic heterocycles. The molecule has 0 radical (unpaired) electrons. The monoisotopic (exact) mass is 356 g/mol. The average Bonchev–Trinajstić information content (AvgIpc) is 2.79. The molecule has 1 unspecified atom stereocenters. The van der Waals surface area contributed by atoms with Crippen molar-refractivity contribution in [2.45, 2.75) is 6.04 Å². The molecule has 2 aliphatic heterocycles. The Morgan fingerprint density at radius 1 is 0.821 bits per heavy atom. The first-order chi connectivity index (χ1) is 13.9. The Kier molecular flexibility index (Phi) is 3.18. The number of aromatic nitrogens is 1. The van der Waals surface area contributed by atoms with Gasteiger partial charge in [-0.05, 0) is 39.6 Å². The van der Waals surface area contributed by atoms with Gasteiger partial charge in [-0.25, -0.2) is 4.98 Å². The third-order valence-electron chi connectivity index (χ3n) is 5.56. The third-order valence-corrected chi connectivity index (χ3v) is 5.56. The van der Waals surface area contributed by atoms with Crippen molar-refractivity contribution in [2.24, 2.45) is 0 Å². The fraction of sp³-hybridized carbons (Fsp3) is 0.0385. The van der Waals surface area contributed by atoms with Gasteiger partial charge in [0, 0.05) is 17.8 Å². The molecule has 0 bridgehead atoms. The van der Waals surface area contributed by atoms with E-state index in [0.29, 0.717) is 0 Å². The van der Waals surface area contributed by atoms with Gasteiger partial charge in [0.05, 0.1) is 5.70 Å². The zero-order chi connectivity index (χ0) is 18.5. The Morgan fingerprint density at radius 3 is 2.61 bits per heavy atom. The second-order valence-electron chi connectivity index (χ2n) is 7.08. The van der Waals surface area contributed by atoms with Crippen LogP contribution < -0.4 is 4.90 Å². The van der Waals surface area contributed by atoms with E-state index in [1.54, 1.807) is 0 Å². The molecular formula is C26H16N2. The van der Waals surface area contributed by atoms with E-state index in [2.05, 4.69) is 83.5 Å². The first-order valence-corrected chi connectivity index (χ1v) is 9.45. The number of allylic oxidation sites excluding steroid dienone is 1. The predicted molar refractivity (Wildman–Crippen MR) is 115 cm³/mol. The molecule has 4 aromatic rings. The molecule has 0 fully saturated rings. The van der Waals surface area contributed by atoms with E-state index in [1.807, 2.05) is 24.4 Å². The quantitative estimate of drug-likeness (QED) is 0.399. The van der Waals surface area contributed by atoms with E-state index in [4.69, 9.17) is 4.98 Å². The van der Waals surface area contributed by atoms with Crippen LogP contribution in [0.25, 0.3) is 27.6 Å². The zero-order valence-corrected chi connectivity index (χ0v) is 15.1. The predicted octanol–water partition coefficient (Wildman–Crippen LogP) is 5.82. The van der Waals surface area contributed by atoms with Crippen molar-refractivity contribution in [3.05, 3.63) is 102 Å².